The minimum absolute atomic E-state index is 0.479. The van der Waals surface area contributed by atoms with Gasteiger partial charge in [0.2, 0.25) is 11.6 Å². The Balaban J connectivity index is 2.31. The van der Waals surface area contributed by atoms with E-state index in [1.807, 2.05) is 0 Å². The van der Waals surface area contributed by atoms with E-state index in [1.165, 1.54) is 0 Å². The lowest BCUT2D eigenvalue weighted by Crippen LogP contribution is -2.53. The van der Waals surface area contributed by atoms with Crippen molar-refractivity contribution in [2.75, 3.05) is 0 Å². The molecule has 1 aliphatic rings. The monoisotopic (exact) mass is 259 g/mol. The number of halogens is 3. The molecule has 1 fully saturated rings. The molecule has 1 aromatic carbocycles. The molecule has 0 saturated carbocycles. The van der Waals surface area contributed by atoms with Crippen LogP contribution in [0.25, 0.3) is 0 Å². The first-order valence-electron chi connectivity index (χ1n) is 5.41. The van der Waals surface area contributed by atoms with Gasteiger partial charge in [-0.15, -0.1) is 0 Å². The molecule has 0 bridgehead atoms. The lowest BCUT2D eigenvalue weighted by Gasteiger charge is -2.25. The molecule has 1 aliphatic heterocycles. The van der Waals surface area contributed by atoms with Gasteiger partial charge in [0.1, 0.15) is 0 Å². The molecule has 0 aromatic heterocycles. The summed E-state index contributed by atoms with van der Waals surface area (Å²) in [5.74, 6) is -1.78. The highest BCUT2D eigenvalue weighted by Crippen LogP contribution is 2.41. The highest BCUT2D eigenvalue weighted by Gasteiger charge is 2.60. The van der Waals surface area contributed by atoms with Crippen molar-refractivity contribution in [2.24, 2.45) is 0 Å². The predicted molar refractivity (Wildman–Crippen MR) is 57.7 cm³/mol. The summed E-state index contributed by atoms with van der Waals surface area (Å²) in [4.78, 5) is 11.6. The van der Waals surface area contributed by atoms with Crippen molar-refractivity contribution in [1.82, 2.24) is 5.32 Å². The van der Waals surface area contributed by atoms with E-state index in [4.69, 9.17) is 0 Å². The number of hydrogen-bond acceptors (Lipinski definition) is 2. The predicted octanol–water partition coefficient (Wildman–Crippen LogP) is 1.85. The van der Waals surface area contributed by atoms with Crippen LogP contribution in [-0.4, -0.2) is 22.9 Å². The van der Waals surface area contributed by atoms with Gasteiger partial charge in [0.25, 0.3) is 0 Å². The Morgan fingerprint density at radius 2 is 2.11 bits per heavy atom. The fourth-order valence-electron chi connectivity index (χ4n) is 2.07. The molecule has 1 amide bonds. The van der Waals surface area contributed by atoms with Crippen LogP contribution in [0.5, 0.6) is 0 Å². The number of carbonyl (C=O) groups excluding carboxylic acids is 1. The Bertz CT molecular complexity index is 486. The van der Waals surface area contributed by atoms with E-state index in [-0.39, 0.29) is 0 Å². The van der Waals surface area contributed by atoms with Crippen molar-refractivity contribution in [1.29, 1.82) is 0 Å². The molecule has 1 heterocycles. The Morgan fingerprint density at radius 3 is 2.61 bits per heavy atom. The first kappa shape index (κ1) is 12.9. The molecule has 0 radical (unpaired) electrons. The summed E-state index contributed by atoms with van der Waals surface area (Å²) in [6, 6.07) is 6.68. The highest BCUT2D eigenvalue weighted by atomic mass is 19.4. The quantitative estimate of drug-likeness (QED) is 0.808. The van der Waals surface area contributed by atoms with Crippen LogP contribution in [-0.2, 0) is 4.79 Å². The second kappa shape index (κ2) is 3.98. The number of carbonyl (C=O) groups is 1. The maximum Gasteiger partial charge on any atom is 0.436 e. The molecule has 0 aliphatic carbocycles. The average molecular weight is 259 g/mol. The molecule has 2 atom stereocenters. The zero-order valence-electron chi connectivity index (χ0n) is 9.58. The SMILES string of the molecule is Cc1cccc(C2CC(O)(C(F)(F)F)NC2=O)c1. The molecule has 6 heteroatoms. The minimum Gasteiger partial charge on any atom is -0.363 e. The van der Waals surface area contributed by atoms with Crippen molar-refractivity contribution < 1.29 is 23.1 Å². The first-order valence-corrected chi connectivity index (χ1v) is 5.41. The first-order chi connectivity index (χ1) is 8.23. The van der Waals surface area contributed by atoms with Crippen molar-refractivity contribution >= 4 is 5.91 Å². The summed E-state index contributed by atoms with van der Waals surface area (Å²) < 4.78 is 37.9. The number of aliphatic hydroxyl groups is 1. The van der Waals surface area contributed by atoms with Gasteiger partial charge in [0.15, 0.2) is 0 Å². The van der Waals surface area contributed by atoms with E-state index in [0.717, 1.165) is 5.56 Å². The number of benzene rings is 1. The normalized spacial score (nSPS) is 28.3. The standard InChI is InChI=1S/C12H12F3NO2/c1-7-3-2-4-8(5-7)9-6-11(18,12(13,14)15)16-10(9)17/h2-5,9,18H,6H2,1H3,(H,16,17). The molecule has 3 nitrogen and oxygen atoms in total. The summed E-state index contributed by atoms with van der Waals surface area (Å²) in [7, 11) is 0. The molecule has 1 saturated heterocycles. The van der Waals surface area contributed by atoms with Gasteiger partial charge < -0.3 is 10.4 Å². The summed E-state index contributed by atoms with van der Waals surface area (Å²) >= 11 is 0. The van der Waals surface area contributed by atoms with Crippen LogP contribution in [0.4, 0.5) is 13.2 Å². The number of rotatable bonds is 1. The summed E-state index contributed by atoms with van der Waals surface area (Å²) in [6.07, 6.45) is -5.57. The smallest absolute Gasteiger partial charge is 0.363 e. The molecule has 1 aromatic rings. The number of alkyl halides is 3. The number of aryl methyl sites for hydroxylation is 1. The maximum atomic E-state index is 12.6. The third kappa shape index (κ3) is 2.08. The van der Waals surface area contributed by atoms with Crippen LogP contribution in [0.15, 0.2) is 24.3 Å². The second-order valence-electron chi connectivity index (χ2n) is 4.52. The highest BCUT2D eigenvalue weighted by molar-refractivity contribution is 5.86. The summed E-state index contributed by atoms with van der Waals surface area (Å²) in [5, 5.41) is 11.1. The topological polar surface area (TPSA) is 49.3 Å². The molecule has 2 unspecified atom stereocenters. The zero-order valence-corrected chi connectivity index (χ0v) is 9.58. The van der Waals surface area contributed by atoms with E-state index in [2.05, 4.69) is 0 Å². The number of nitrogens with one attached hydrogen (secondary N) is 1. The lowest BCUT2D eigenvalue weighted by molar-refractivity contribution is -0.266. The van der Waals surface area contributed by atoms with Crippen LogP contribution in [0.1, 0.15) is 23.5 Å². The fraction of sp³-hybridized carbons (Fsp3) is 0.417. The summed E-state index contributed by atoms with van der Waals surface area (Å²) in [5.41, 5.74) is -1.80. The van der Waals surface area contributed by atoms with E-state index in [1.54, 1.807) is 36.5 Å². The van der Waals surface area contributed by atoms with Gasteiger partial charge in [-0.2, -0.15) is 13.2 Å². The van der Waals surface area contributed by atoms with Crippen molar-refractivity contribution in [2.45, 2.75) is 31.2 Å². The Labute approximate surface area is 102 Å². The lowest BCUT2D eigenvalue weighted by atomic mass is 9.93. The minimum atomic E-state index is -4.87. The van der Waals surface area contributed by atoms with Crippen molar-refractivity contribution in [3.63, 3.8) is 0 Å². The maximum absolute atomic E-state index is 12.6. The van der Waals surface area contributed by atoms with Gasteiger partial charge in [0.05, 0.1) is 5.92 Å². The molecular weight excluding hydrogens is 247 g/mol. The van der Waals surface area contributed by atoms with E-state index >= 15 is 0 Å². The van der Waals surface area contributed by atoms with Gasteiger partial charge in [0, 0.05) is 6.42 Å². The third-order valence-corrected chi connectivity index (χ3v) is 3.06. The summed E-state index contributed by atoms with van der Waals surface area (Å²) in [6.45, 7) is 1.78. The zero-order chi connectivity index (χ0) is 13.6. The van der Waals surface area contributed by atoms with Gasteiger partial charge in [-0.25, -0.2) is 0 Å². The van der Waals surface area contributed by atoms with Gasteiger partial charge >= 0.3 is 6.18 Å². The van der Waals surface area contributed by atoms with E-state index < -0.39 is 30.1 Å². The van der Waals surface area contributed by atoms with Crippen LogP contribution < -0.4 is 5.32 Å². The van der Waals surface area contributed by atoms with Crippen molar-refractivity contribution in [3.8, 4) is 0 Å². The Hall–Kier alpha value is -1.56. The molecule has 98 valence electrons. The van der Waals surface area contributed by atoms with Crippen LogP contribution in [0.2, 0.25) is 0 Å². The Morgan fingerprint density at radius 1 is 1.44 bits per heavy atom. The van der Waals surface area contributed by atoms with Gasteiger partial charge in [-0.1, -0.05) is 29.8 Å². The number of hydrogen-bond donors (Lipinski definition) is 2. The Kier molecular flexibility index (Phi) is 2.85. The van der Waals surface area contributed by atoms with E-state index in [0.29, 0.717) is 5.56 Å². The molecule has 2 rings (SSSR count). The van der Waals surface area contributed by atoms with Crippen LogP contribution in [0, 0.1) is 6.92 Å². The molecule has 18 heavy (non-hydrogen) atoms. The van der Waals surface area contributed by atoms with Crippen LogP contribution >= 0.6 is 0 Å². The van der Waals surface area contributed by atoms with Crippen molar-refractivity contribution in [3.05, 3.63) is 35.4 Å². The molecule has 0 spiro atoms. The van der Waals surface area contributed by atoms with E-state index in [9.17, 15) is 23.1 Å². The molecular formula is C12H12F3NO2. The largest absolute Gasteiger partial charge is 0.436 e. The number of amides is 1. The van der Waals surface area contributed by atoms with Gasteiger partial charge in [-0.05, 0) is 12.5 Å². The second-order valence-corrected chi connectivity index (χ2v) is 4.52. The average Bonchev–Trinajstić information content (AvgIpc) is 2.55. The molecule has 2 N–H and O–H groups in total. The van der Waals surface area contributed by atoms with Gasteiger partial charge in [-0.3, -0.25) is 4.79 Å². The fourth-order valence-corrected chi connectivity index (χ4v) is 2.07. The third-order valence-electron chi connectivity index (χ3n) is 3.06. The van der Waals surface area contributed by atoms with Crippen LogP contribution in [0.3, 0.4) is 0 Å².